The monoisotopic (exact) mass is 286 g/mol. The Hall–Kier alpha value is -2.44. The number of carbonyl (C=O) groups excluding carboxylic acids is 1. The second kappa shape index (κ2) is 5.16. The number of likely N-dealkylation sites (tertiary alicyclic amines) is 1. The summed E-state index contributed by atoms with van der Waals surface area (Å²) in [5.74, 6) is 0.647. The predicted octanol–water partition coefficient (Wildman–Crippen LogP) is 0.763. The predicted molar refractivity (Wildman–Crippen MR) is 78.0 cm³/mol. The minimum atomic E-state index is 0.0464. The Kier molecular flexibility index (Phi) is 3.32. The van der Waals surface area contributed by atoms with Crippen LogP contribution in [-0.4, -0.2) is 49.7 Å². The van der Waals surface area contributed by atoms with Gasteiger partial charge in [-0.1, -0.05) is 0 Å². The molecule has 0 unspecified atom stereocenters. The number of nitrogens with one attached hydrogen (secondary N) is 1. The van der Waals surface area contributed by atoms with E-state index < -0.39 is 0 Å². The Morgan fingerprint density at radius 1 is 1.29 bits per heavy atom. The summed E-state index contributed by atoms with van der Waals surface area (Å²) in [5, 5.41) is 7.50. The van der Waals surface area contributed by atoms with E-state index in [1.54, 1.807) is 23.1 Å². The lowest BCUT2D eigenvalue weighted by atomic mass is 10.1. The van der Waals surface area contributed by atoms with Gasteiger partial charge in [0.15, 0.2) is 0 Å². The molecule has 2 aromatic heterocycles. The normalized spacial score (nSPS) is 14.9. The molecule has 7 heteroatoms. The van der Waals surface area contributed by atoms with Crippen molar-refractivity contribution in [1.29, 1.82) is 0 Å². The lowest BCUT2D eigenvalue weighted by Gasteiger charge is -2.39. The average Bonchev–Trinajstić information content (AvgIpc) is 2.68. The van der Waals surface area contributed by atoms with Gasteiger partial charge in [-0.2, -0.15) is 5.10 Å². The highest BCUT2D eigenvalue weighted by molar-refractivity contribution is 5.97. The molecule has 0 spiro atoms. The molecule has 1 fully saturated rings. The summed E-state index contributed by atoms with van der Waals surface area (Å²) in [6.07, 6.45) is 3.39. The molecule has 0 radical (unpaired) electrons. The molecule has 3 rings (SSSR count). The Bertz CT molecular complexity index is 660. The van der Waals surface area contributed by atoms with Crippen molar-refractivity contribution in [2.75, 3.05) is 18.4 Å². The Balaban J connectivity index is 1.62. The molecular formula is C14H18N6O. The van der Waals surface area contributed by atoms with E-state index in [2.05, 4.69) is 20.4 Å². The summed E-state index contributed by atoms with van der Waals surface area (Å²) in [4.78, 5) is 22.6. The van der Waals surface area contributed by atoms with Gasteiger partial charge in [0.2, 0.25) is 5.95 Å². The highest BCUT2D eigenvalue weighted by atomic mass is 16.2. The molecule has 1 saturated heterocycles. The van der Waals surface area contributed by atoms with E-state index in [-0.39, 0.29) is 11.9 Å². The number of nitrogens with zero attached hydrogens (tertiary/aromatic N) is 5. The van der Waals surface area contributed by atoms with Crippen LogP contribution < -0.4 is 5.32 Å². The molecule has 1 amide bonds. The van der Waals surface area contributed by atoms with Gasteiger partial charge in [0, 0.05) is 38.2 Å². The lowest BCUT2D eigenvalue weighted by molar-refractivity contribution is 0.0623. The molecule has 1 aliphatic heterocycles. The number of aryl methyl sites for hydroxylation is 2. The van der Waals surface area contributed by atoms with Crippen molar-refractivity contribution in [3.63, 3.8) is 0 Å². The van der Waals surface area contributed by atoms with Gasteiger partial charge < -0.3 is 10.2 Å². The third-order valence-corrected chi connectivity index (χ3v) is 3.79. The Morgan fingerprint density at radius 2 is 1.95 bits per heavy atom. The van der Waals surface area contributed by atoms with Crippen molar-refractivity contribution in [2.45, 2.75) is 19.9 Å². The van der Waals surface area contributed by atoms with E-state index in [9.17, 15) is 4.79 Å². The average molecular weight is 286 g/mol. The first kappa shape index (κ1) is 13.5. The molecule has 0 aromatic carbocycles. The molecule has 21 heavy (non-hydrogen) atoms. The number of anilines is 1. The van der Waals surface area contributed by atoms with Crippen LogP contribution in [-0.2, 0) is 7.05 Å². The van der Waals surface area contributed by atoms with Crippen LogP contribution in [0, 0.1) is 13.8 Å². The Morgan fingerprint density at radius 3 is 2.52 bits per heavy atom. The Labute approximate surface area is 123 Å². The van der Waals surface area contributed by atoms with E-state index in [1.165, 1.54) is 0 Å². The smallest absolute Gasteiger partial charge is 0.257 e. The summed E-state index contributed by atoms with van der Waals surface area (Å²) in [6.45, 7) is 5.10. The van der Waals surface area contributed by atoms with Gasteiger partial charge in [0.25, 0.3) is 5.91 Å². The van der Waals surface area contributed by atoms with E-state index in [0.29, 0.717) is 24.6 Å². The minimum Gasteiger partial charge on any atom is -0.348 e. The number of amides is 1. The molecule has 0 aliphatic carbocycles. The molecule has 1 N–H and O–H groups in total. The van der Waals surface area contributed by atoms with Crippen molar-refractivity contribution in [2.24, 2.45) is 7.05 Å². The topological polar surface area (TPSA) is 75.9 Å². The van der Waals surface area contributed by atoms with E-state index in [1.807, 2.05) is 25.8 Å². The van der Waals surface area contributed by atoms with Crippen molar-refractivity contribution in [3.8, 4) is 0 Å². The first-order valence-corrected chi connectivity index (χ1v) is 6.89. The second-order valence-corrected chi connectivity index (χ2v) is 5.29. The maximum Gasteiger partial charge on any atom is 0.257 e. The van der Waals surface area contributed by atoms with Crippen LogP contribution in [0.5, 0.6) is 0 Å². The van der Waals surface area contributed by atoms with Gasteiger partial charge >= 0.3 is 0 Å². The molecule has 2 aromatic rings. The summed E-state index contributed by atoms with van der Waals surface area (Å²) >= 11 is 0. The van der Waals surface area contributed by atoms with Crippen molar-refractivity contribution in [1.82, 2.24) is 24.6 Å². The van der Waals surface area contributed by atoms with Gasteiger partial charge in [-0.3, -0.25) is 9.48 Å². The van der Waals surface area contributed by atoms with Crippen LogP contribution in [0.25, 0.3) is 0 Å². The minimum absolute atomic E-state index is 0.0464. The summed E-state index contributed by atoms with van der Waals surface area (Å²) in [6, 6.07) is 1.98. The van der Waals surface area contributed by atoms with Crippen LogP contribution in [0.3, 0.4) is 0 Å². The third kappa shape index (κ3) is 2.46. The largest absolute Gasteiger partial charge is 0.348 e. The van der Waals surface area contributed by atoms with E-state index in [0.717, 1.165) is 11.4 Å². The van der Waals surface area contributed by atoms with Gasteiger partial charge in [0.1, 0.15) is 0 Å². The molecule has 110 valence electrons. The number of hydrogen-bond donors (Lipinski definition) is 1. The zero-order valence-corrected chi connectivity index (χ0v) is 12.4. The first-order chi connectivity index (χ1) is 10.1. The molecule has 0 bridgehead atoms. The second-order valence-electron chi connectivity index (χ2n) is 5.29. The summed E-state index contributed by atoms with van der Waals surface area (Å²) in [7, 11) is 1.85. The standard InChI is InChI=1S/C14H18N6O/c1-9-12(10(2)19(3)18-9)13(21)20-7-11(8-20)17-14-15-5-4-6-16-14/h4-6,11H,7-8H2,1-3H3,(H,15,16,17). The number of carbonyl (C=O) groups is 1. The number of rotatable bonds is 3. The van der Waals surface area contributed by atoms with Gasteiger partial charge in [-0.15, -0.1) is 0 Å². The van der Waals surface area contributed by atoms with Crippen molar-refractivity contribution < 1.29 is 4.79 Å². The van der Waals surface area contributed by atoms with Crippen LogP contribution in [0.2, 0.25) is 0 Å². The maximum absolute atomic E-state index is 12.5. The fourth-order valence-corrected chi connectivity index (χ4v) is 2.53. The van der Waals surface area contributed by atoms with E-state index >= 15 is 0 Å². The quantitative estimate of drug-likeness (QED) is 0.901. The molecule has 1 aliphatic rings. The van der Waals surface area contributed by atoms with Crippen LogP contribution in [0.15, 0.2) is 18.5 Å². The zero-order valence-electron chi connectivity index (χ0n) is 12.4. The van der Waals surface area contributed by atoms with Crippen molar-refractivity contribution >= 4 is 11.9 Å². The third-order valence-electron chi connectivity index (χ3n) is 3.79. The SMILES string of the molecule is Cc1nn(C)c(C)c1C(=O)N1CC(Nc2ncccn2)C1. The summed E-state index contributed by atoms with van der Waals surface area (Å²) < 4.78 is 1.75. The van der Waals surface area contributed by atoms with Crippen molar-refractivity contribution in [3.05, 3.63) is 35.4 Å². The molecule has 7 nitrogen and oxygen atoms in total. The maximum atomic E-state index is 12.5. The molecular weight excluding hydrogens is 268 g/mol. The highest BCUT2D eigenvalue weighted by Gasteiger charge is 2.33. The fourth-order valence-electron chi connectivity index (χ4n) is 2.53. The molecule has 0 saturated carbocycles. The van der Waals surface area contributed by atoms with Gasteiger partial charge in [-0.25, -0.2) is 9.97 Å². The van der Waals surface area contributed by atoms with Crippen LogP contribution in [0.4, 0.5) is 5.95 Å². The number of hydrogen-bond acceptors (Lipinski definition) is 5. The van der Waals surface area contributed by atoms with Gasteiger partial charge in [-0.05, 0) is 19.9 Å². The van der Waals surface area contributed by atoms with Gasteiger partial charge in [0.05, 0.1) is 17.3 Å². The molecule has 0 atom stereocenters. The number of aromatic nitrogens is 4. The first-order valence-electron chi connectivity index (χ1n) is 6.89. The fraction of sp³-hybridized carbons (Fsp3) is 0.429. The van der Waals surface area contributed by atoms with Crippen LogP contribution in [0.1, 0.15) is 21.7 Å². The molecule has 3 heterocycles. The highest BCUT2D eigenvalue weighted by Crippen LogP contribution is 2.20. The zero-order chi connectivity index (χ0) is 15.0. The lowest BCUT2D eigenvalue weighted by Crippen LogP contribution is -2.57. The van der Waals surface area contributed by atoms with Crippen LogP contribution >= 0.6 is 0 Å². The summed E-state index contributed by atoms with van der Waals surface area (Å²) in [5.41, 5.74) is 2.40. The van der Waals surface area contributed by atoms with E-state index in [4.69, 9.17) is 0 Å².